The van der Waals surface area contributed by atoms with Gasteiger partial charge in [-0.1, -0.05) is 25.1 Å². The summed E-state index contributed by atoms with van der Waals surface area (Å²) < 4.78 is 0. The van der Waals surface area contributed by atoms with Crippen LogP contribution in [-0.2, 0) is 0 Å². The first-order valence-corrected chi connectivity index (χ1v) is 5.91. The van der Waals surface area contributed by atoms with Crippen molar-refractivity contribution in [3.63, 3.8) is 0 Å². The van der Waals surface area contributed by atoms with Crippen molar-refractivity contribution in [2.75, 3.05) is 6.54 Å². The van der Waals surface area contributed by atoms with Gasteiger partial charge in [-0.2, -0.15) is 0 Å². The van der Waals surface area contributed by atoms with Gasteiger partial charge >= 0.3 is 0 Å². The molecule has 0 radical (unpaired) electrons. The number of nitrogens with zero attached hydrogens (tertiary/aromatic N) is 2. The van der Waals surface area contributed by atoms with Gasteiger partial charge in [0.2, 0.25) is 0 Å². The van der Waals surface area contributed by atoms with E-state index in [4.69, 9.17) is 0 Å². The molecule has 1 heterocycles. The molecule has 2 rings (SSSR count). The maximum absolute atomic E-state index is 4.64. The monoisotopic (exact) mass is 227 g/mol. The van der Waals surface area contributed by atoms with Crippen LogP contribution in [0.1, 0.15) is 25.1 Å². The van der Waals surface area contributed by atoms with E-state index in [1.807, 2.05) is 36.5 Å². The molecule has 2 aromatic rings. The molecule has 0 aliphatic carbocycles. The molecule has 1 unspecified atom stereocenters. The van der Waals surface area contributed by atoms with Crippen LogP contribution in [0.4, 0.5) is 0 Å². The van der Waals surface area contributed by atoms with Crippen LogP contribution >= 0.6 is 0 Å². The first-order valence-electron chi connectivity index (χ1n) is 5.91. The van der Waals surface area contributed by atoms with Gasteiger partial charge in [-0.05, 0) is 25.1 Å². The molecule has 0 saturated carbocycles. The highest BCUT2D eigenvalue weighted by atomic mass is 14.9. The summed E-state index contributed by atoms with van der Waals surface area (Å²) in [6, 6.07) is 8.12. The number of hydrogen-bond donors (Lipinski definition) is 1. The Morgan fingerprint density at radius 2 is 2.12 bits per heavy atom. The SMILES string of the molecule is C=CCC(NCC)c1cnc2ccccc2n1. The first-order chi connectivity index (χ1) is 8.35. The second-order valence-electron chi connectivity index (χ2n) is 3.92. The molecule has 0 spiro atoms. The fourth-order valence-electron chi connectivity index (χ4n) is 1.86. The van der Waals surface area contributed by atoms with E-state index in [1.165, 1.54) is 0 Å². The molecular weight excluding hydrogens is 210 g/mol. The molecule has 0 aliphatic heterocycles. The van der Waals surface area contributed by atoms with Crippen LogP contribution in [0.3, 0.4) is 0 Å². The van der Waals surface area contributed by atoms with Crippen LogP contribution in [0, 0.1) is 0 Å². The second-order valence-corrected chi connectivity index (χ2v) is 3.92. The van der Waals surface area contributed by atoms with Gasteiger partial charge in [0.25, 0.3) is 0 Å². The Kier molecular flexibility index (Phi) is 3.83. The van der Waals surface area contributed by atoms with Crippen molar-refractivity contribution in [3.05, 3.63) is 48.8 Å². The molecule has 0 amide bonds. The molecule has 1 N–H and O–H groups in total. The zero-order valence-electron chi connectivity index (χ0n) is 10.1. The standard InChI is InChI=1S/C14H17N3/c1-3-7-11(15-4-2)14-10-16-12-8-5-6-9-13(12)17-14/h3,5-6,8-11,15H,1,4,7H2,2H3. The Balaban J connectivity index is 2.35. The molecule has 0 fully saturated rings. The normalized spacial score (nSPS) is 12.5. The third-order valence-corrected chi connectivity index (χ3v) is 2.68. The fraction of sp³-hybridized carbons (Fsp3) is 0.286. The van der Waals surface area contributed by atoms with Gasteiger partial charge in [0.1, 0.15) is 0 Å². The van der Waals surface area contributed by atoms with E-state index in [2.05, 4.69) is 28.8 Å². The second kappa shape index (κ2) is 5.55. The van der Waals surface area contributed by atoms with Crippen molar-refractivity contribution in [1.29, 1.82) is 0 Å². The number of nitrogens with one attached hydrogen (secondary N) is 1. The van der Waals surface area contributed by atoms with Gasteiger partial charge < -0.3 is 5.32 Å². The minimum atomic E-state index is 0.203. The zero-order chi connectivity index (χ0) is 12.1. The molecule has 1 atom stereocenters. The summed E-state index contributed by atoms with van der Waals surface area (Å²) in [5.41, 5.74) is 2.85. The molecule has 3 nitrogen and oxygen atoms in total. The van der Waals surface area contributed by atoms with Crippen LogP contribution in [-0.4, -0.2) is 16.5 Å². The summed E-state index contributed by atoms with van der Waals surface area (Å²) in [5.74, 6) is 0. The summed E-state index contributed by atoms with van der Waals surface area (Å²) in [5, 5.41) is 3.39. The van der Waals surface area contributed by atoms with Gasteiger partial charge in [0.15, 0.2) is 0 Å². The number of para-hydroxylation sites is 2. The smallest absolute Gasteiger partial charge is 0.0890 e. The summed E-state index contributed by atoms with van der Waals surface area (Å²) in [6.07, 6.45) is 4.62. The highest BCUT2D eigenvalue weighted by molar-refractivity contribution is 5.73. The van der Waals surface area contributed by atoms with Gasteiger partial charge in [-0.25, -0.2) is 4.98 Å². The lowest BCUT2D eigenvalue weighted by Crippen LogP contribution is -2.21. The highest BCUT2D eigenvalue weighted by Crippen LogP contribution is 2.17. The zero-order valence-corrected chi connectivity index (χ0v) is 10.1. The maximum atomic E-state index is 4.64. The third-order valence-electron chi connectivity index (χ3n) is 2.68. The average molecular weight is 227 g/mol. The lowest BCUT2D eigenvalue weighted by Gasteiger charge is -2.15. The molecule has 17 heavy (non-hydrogen) atoms. The van der Waals surface area contributed by atoms with Crippen LogP contribution in [0.5, 0.6) is 0 Å². The predicted octanol–water partition coefficient (Wildman–Crippen LogP) is 2.86. The molecule has 88 valence electrons. The van der Waals surface area contributed by atoms with Crippen molar-refractivity contribution >= 4 is 11.0 Å². The maximum Gasteiger partial charge on any atom is 0.0890 e. The Labute approximate surface area is 102 Å². The summed E-state index contributed by atoms with van der Waals surface area (Å²) in [4.78, 5) is 9.07. The van der Waals surface area contributed by atoms with E-state index >= 15 is 0 Å². The number of hydrogen-bond acceptors (Lipinski definition) is 3. The largest absolute Gasteiger partial charge is 0.309 e. The number of rotatable bonds is 5. The van der Waals surface area contributed by atoms with E-state index in [1.54, 1.807) is 0 Å². The number of fused-ring (bicyclic) bond motifs is 1. The van der Waals surface area contributed by atoms with Crippen LogP contribution < -0.4 is 5.32 Å². The van der Waals surface area contributed by atoms with Gasteiger partial charge in [-0.15, -0.1) is 6.58 Å². The van der Waals surface area contributed by atoms with E-state index in [9.17, 15) is 0 Å². The van der Waals surface area contributed by atoms with Crippen molar-refractivity contribution in [3.8, 4) is 0 Å². The van der Waals surface area contributed by atoms with E-state index < -0.39 is 0 Å². The first kappa shape index (κ1) is 11.7. The van der Waals surface area contributed by atoms with Crippen LogP contribution in [0.2, 0.25) is 0 Å². The molecule has 1 aromatic heterocycles. The van der Waals surface area contributed by atoms with Crippen LogP contribution in [0.15, 0.2) is 43.1 Å². The predicted molar refractivity (Wildman–Crippen MR) is 70.8 cm³/mol. The highest BCUT2D eigenvalue weighted by Gasteiger charge is 2.10. The minimum Gasteiger partial charge on any atom is -0.309 e. The summed E-state index contributed by atoms with van der Waals surface area (Å²) in [6.45, 7) is 6.78. The van der Waals surface area contributed by atoms with Crippen LogP contribution in [0.25, 0.3) is 11.0 Å². The van der Waals surface area contributed by atoms with Gasteiger partial charge in [-0.3, -0.25) is 4.98 Å². The van der Waals surface area contributed by atoms with Gasteiger partial charge in [0.05, 0.1) is 29.0 Å². The van der Waals surface area contributed by atoms with Crippen molar-refractivity contribution in [1.82, 2.24) is 15.3 Å². The van der Waals surface area contributed by atoms with Gasteiger partial charge in [0, 0.05) is 0 Å². The summed E-state index contributed by atoms with van der Waals surface area (Å²) in [7, 11) is 0. The number of aromatic nitrogens is 2. The fourth-order valence-corrected chi connectivity index (χ4v) is 1.86. The molecule has 0 saturated heterocycles. The Morgan fingerprint density at radius 3 is 2.82 bits per heavy atom. The van der Waals surface area contributed by atoms with E-state index in [-0.39, 0.29) is 6.04 Å². The van der Waals surface area contributed by atoms with Crippen molar-refractivity contribution in [2.24, 2.45) is 0 Å². The molecular formula is C14H17N3. The third kappa shape index (κ3) is 2.68. The topological polar surface area (TPSA) is 37.8 Å². The Morgan fingerprint density at radius 1 is 1.35 bits per heavy atom. The molecule has 1 aromatic carbocycles. The Hall–Kier alpha value is -1.74. The van der Waals surface area contributed by atoms with Crippen molar-refractivity contribution < 1.29 is 0 Å². The van der Waals surface area contributed by atoms with E-state index in [0.717, 1.165) is 29.7 Å². The molecule has 3 heteroatoms. The number of benzene rings is 1. The Bertz CT molecular complexity index is 508. The molecule has 0 aliphatic rings. The molecule has 0 bridgehead atoms. The summed E-state index contributed by atoms with van der Waals surface area (Å²) >= 11 is 0. The van der Waals surface area contributed by atoms with E-state index in [0.29, 0.717) is 0 Å². The minimum absolute atomic E-state index is 0.203. The quantitative estimate of drug-likeness (QED) is 0.798. The lowest BCUT2D eigenvalue weighted by atomic mass is 10.1. The van der Waals surface area contributed by atoms with Crippen molar-refractivity contribution in [2.45, 2.75) is 19.4 Å². The lowest BCUT2D eigenvalue weighted by molar-refractivity contribution is 0.545. The average Bonchev–Trinajstić information content (AvgIpc) is 2.38.